The molecule has 0 heterocycles. The van der Waals surface area contributed by atoms with Gasteiger partial charge in [0.05, 0.1) is 6.04 Å². The molecule has 5 N–H and O–H groups in total. The molecule has 0 saturated heterocycles. The molecule has 0 aliphatic rings. The number of hydrogen-bond donors (Lipinski definition) is 4. The fourth-order valence-corrected chi connectivity index (χ4v) is 2.98. The van der Waals surface area contributed by atoms with E-state index in [1.165, 1.54) is 11.8 Å². The number of nitrogens with one attached hydrogen (secondary N) is 2. The third kappa shape index (κ3) is 8.01. The minimum absolute atomic E-state index is 0.215. The number of rotatable bonds is 11. The molecule has 0 spiro atoms. The number of carbonyl (C=O) groups is 3. The first kappa shape index (κ1) is 23.0. The summed E-state index contributed by atoms with van der Waals surface area (Å²) < 4.78 is 0. The first-order chi connectivity index (χ1) is 12.8. The number of nitrogens with two attached hydrogens (primary N) is 1. The lowest BCUT2D eigenvalue weighted by molar-refractivity contribution is -0.142. The summed E-state index contributed by atoms with van der Waals surface area (Å²) in [5.41, 5.74) is 6.90. The first-order valence-electron chi connectivity index (χ1n) is 8.88. The number of carboxylic acids is 1. The molecule has 0 bridgehead atoms. The van der Waals surface area contributed by atoms with Gasteiger partial charge < -0.3 is 21.5 Å². The van der Waals surface area contributed by atoms with Crippen LogP contribution in [0.3, 0.4) is 0 Å². The van der Waals surface area contributed by atoms with Crippen molar-refractivity contribution in [2.75, 3.05) is 12.0 Å². The minimum atomic E-state index is -1.09. The Balaban J connectivity index is 2.71. The van der Waals surface area contributed by atoms with Crippen molar-refractivity contribution >= 4 is 29.5 Å². The molecule has 0 aliphatic carbocycles. The van der Waals surface area contributed by atoms with Gasteiger partial charge in [-0.05, 0) is 36.3 Å². The summed E-state index contributed by atoms with van der Waals surface area (Å²) in [6.45, 7) is 3.57. The van der Waals surface area contributed by atoms with E-state index in [0.29, 0.717) is 18.6 Å². The predicted molar refractivity (Wildman–Crippen MR) is 107 cm³/mol. The van der Waals surface area contributed by atoms with E-state index in [1.54, 1.807) is 13.8 Å². The lowest BCUT2D eigenvalue weighted by atomic mass is 10.0. The van der Waals surface area contributed by atoms with Gasteiger partial charge in [-0.1, -0.05) is 44.2 Å². The highest BCUT2D eigenvalue weighted by Gasteiger charge is 2.29. The maximum Gasteiger partial charge on any atom is 0.326 e. The van der Waals surface area contributed by atoms with Crippen LogP contribution < -0.4 is 16.4 Å². The van der Waals surface area contributed by atoms with Crippen molar-refractivity contribution in [1.82, 2.24) is 10.6 Å². The number of aliphatic carboxylic acids is 1. The van der Waals surface area contributed by atoms with Crippen LogP contribution in [0, 0.1) is 5.92 Å². The van der Waals surface area contributed by atoms with Crippen molar-refractivity contribution in [1.29, 1.82) is 0 Å². The van der Waals surface area contributed by atoms with Gasteiger partial charge >= 0.3 is 5.97 Å². The second kappa shape index (κ2) is 11.6. The third-order valence-corrected chi connectivity index (χ3v) is 4.75. The van der Waals surface area contributed by atoms with Crippen LogP contribution in [-0.4, -0.2) is 53.0 Å². The molecule has 2 amide bonds. The average molecular weight is 396 g/mol. The predicted octanol–water partition coefficient (Wildman–Crippen LogP) is 1.02. The Kier molecular flexibility index (Phi) is 9.88. The normalized spacial score (nSPS) is 14.3. The third-order valence-electron chi connectivity index (χ3n) is 4.11. The van der Waals surface area contributed by atoms with Crippen LogP contribution in [0.2, 0.25) is 0 Å². The van der Waals surface area contributed by atoms with Gasteiger partial charge in [0, 0.05) is 0 Å². The molecule has 1 rings (SSSR count). The highest BCUT2D eigenvalue weighted by atomic mass is 32.2. The van der Waals surface area contributed by atoms with Gasteiger partial charge in [0.15, 0.2) is 0 Å². The highest BCUT2D eigenvalue weighted by molar-refractivity contribution is 7.98. The summed E-state index contributed by atoms with van der Waals surface area (Å²) in [5, 5.41) is 14.5. The molecule has 150 valence electrons. The van der Waals surface area contributed by atoms with Crippen molar-refractivity contribution in [2.45, 2.75) is 44.8 Å². The fourth-order valence-electron chi connectivity index (χ4n) is 2.51. The van der Waals surface area contributed by atoms with Crippen LogP contribution in [0.15, 0.2) is 30.3 Å². The Bertz CT molecular complexity index is 625. The molecular formula is C19H29N3O4S. The Morgan fingerprint density at radius 2 is 1.74 bits per heavy atom. The van der Waals surface area contributed by atoms with E-state index < -0.39 is 35.9 Å². The number of carbonyl (C=O) groups excluding carboxylic acids is 2. The molecule has 3 unspecified atom stereocenters. The van der Waals surface area contributed by atoms with Gasteiger partial charge in [-0.25, -0.2) is 4.79 Å². The van der Waals surface area contributed by atoms with E-state index in [-0.39, 0.29) is 5.92 Å². The summed E-state index contributed by atoms with van der Waals surface area (Å²) in [6, 6.07) is 6.73. The van der Waals surface area contributed by atoms with Gasteiger partial charge in [0.25, 0.3) is 0 Å². The van der Waals surface area contributed by atoms with E-state index in [2.05, 4.69) is 10.6 Å². The summed E-state index contributed by atoms with van der Waals surface area (Å²) in [6.07, 6.45) is 2.53. The molecule has 0 saturated carbocycles. The van der Waals surface area contributed by atoms with E-state index in [0.717, 1.165) is 5.56 Å². The molecule has 7 nitrogen and oxygen atoms in total. The number of carboxylic acid groups (broad SMARTS) is 1. The lowest BCUT2D eigenvalue weighted by Crippen LogP contribution is -2.56. The van der Waals surface area contributed by atoms with Crippen molar-refractivity contribution in [3.05, 3.63) is 35.9 Å². The van der Waals surface area contributed by atoms with Crippen LogP contribution in [0.25, 0.3) is 0 Å². The van der Waals surface area contributed by atoms with Crippen LogP contribution >= 0.6 is 11.8 Å². The molecule has 1 aromatic rings. The van der Waals surface area contributed by atoms with Crippen LogP contribution in [0.4, 0.5) is 0 Å². The van der Waals surface area contributed by atoms with Crippen LogP contribution in [0.5, 0.6) is 0 Å². The van der Waals surface area contributed by atoms with Crippen molar-refractivity contribution in [3.8, 4) is 0 Å². The zero-order valence-electron chi connectivity index (χ0n) is 16.0. The number of benzene rings is 1. The summed E-state index contributed by atoms with van der Waals surface area (Å²) in [7, 11) is 0. The Morgan fingerprint density at radius 3 is 2.26 bits per heavy atom. The second-order valence-electron chi connectivity index (χ2n) is 6.71. The zero-order valence-corrected chi connectivity index (χ0v) is 16.8. The van der Waals surface area contributed by atoms with E-state index >= 15 is 0 Å². The molecule has 0 aromatic heterocycles. The molecule has 3 atom stereocenters. The monoisotopic (exact) mass is 395 g/mol. The fraction of sp³-hybridized carbons (Fsp3) is 0.526. The highest BCUT2D eigenvalue weighted by Crippen LogP contribution is 2.07. The summed E-state index contributed by atoms with van der Waals surface area (Å²) in [5.74, 6) is -1.65. The van der Waals surface area contributed by atoms with Crippen molar-refractivity contribution < 1.29 is 19.5 Å². The summed E-state index contributed by atoms with van der Waals surface area (Å²) >= 11 is 1.50. The van der Waals surface area contributed by atoms with Gasteiger partial charge in [0.1, 0.15) is 12.1 Å². The van der Waals surface area contributed by atoms with E-state index in [4.69, 9.17) is 5.73 Å². The molecule has 0 fully saturated rings. The molecule has 0 radical (unpaired) electrons. The first-order valence-corrected chi connectivity index (χ1v) is 10.3. The Hall–Kier alpha value is -2.06. The van der Waals surface area contributed by atoms with Gasteiger partial charge in [-0.15, -0.1) is 0 Å². The molecule has 0 aliphatic heterocycles. The minimum Gasteiger partial charge on any atom is -0.480 e. The maximum atomic E-state index is 12.5. The zero-order chi connectivity index (χ0) is 20.4. The second-order valence-corrected chi connectivity index (χ2v) is 7.69. The maximum absolute atomic E-state index is 12.5. The van der Waals surface area contributed by atoms with Crippen molar-refractivity contribution in [2.24, 2.45) is 11.7 Å². The SMILES string of the molecule is CSCCC(NC(=O)C(NC(=O)C(N)Cc1ccccc1)C(C)C)C(=O)O. The molecule has 27 heavy (non-hydrogen) atoms. The molecular weight excluding hydrogens is 366 g/mol. The van der Waals surface area contributed by atoms with Crippen molar-refractivity contribution in [3.63, 3.8) is 0 Å². The van der Waals surface area contributed by atoms with E-state index in [1.807, 2.05) is 36.6 Å². The topological polar surface area (TPSA) is 122 Å². The average Bonchev–Trinajstić information content (AvgIpc) is 2.62. The van der Waals surface area contributed by atoms with Crippen LogP contribution in [-0.2, 0) is 20.8 Å². The smallest absolute Gasteiger partial charge is 0.326 e. The Labute approximate surface area is 164 Å². The Morgan fingerprint density at radius 1 is 1.11 bits per heavy atom. The molecule has 8 heteroatoms. The van der Waals surface area contributed by atoms with Gasteiger partial charge in [-0.3, -0.25) is 9.59 Å². The number of amides is 2. The lowest BCUT2D eigenvalue weighted by Gasteiger charge is -2.25. The summed E-state index contributed by atoms with van der Waals surface area (Å²) in [4.78, 5) is 36.3. The standard InChI is InChI=1S/C19H29N3O4S/c1-12(2)16(18(24)21-15(19(25)26)9-10-27-3)22-17(23)14(20)11-13-7-5-4-6-8-13/h4-8,12,14-16H,9-11,20H2,1-3H3,(H,21,24)(H,22,23)(H,25,26). The largest absolute Gasteiger partial charge is 0.480 e. The van der Waals surface area contributed by atoms with Crippen LogP contribution in [0.1, 0.15) is 25.8 Å². The van der Waals surface area contributed by atoms with Gasteiger partial charge in [-0.2, -0.15) is 11.8 Å². The van der Waals surface area contributed by atoms with E-state index in [9.17, 15) is 19.5 Å². The quantitative estimate of drug-likeness (QED) is 0.444. The van der Waals surface area contributed by atoms with Gasteiger partial charge in [0.2, 0.25) is 11.8 Å². The number of thioether (sulfide) groups is 1. The molecule has 1 aromatic carbocycles. The number of hydrogen-bond acceptors (Lipinski definition) is 5.